The smallest absolute Gasteiger partial charge is 0.265 e. The van der Waals surface area contributed by atoms with Crippen LogP contribution >= 0.6 is 0 Å². The normalized spacial score (nSPS) is 12.5. The van der Waals surface area contributed by atoms with E-state index in [9.17, 15) is 14.4 Å². The fraction of sp³-hybridized carbons (Fsp3) is 0.348. The molecule has 0 atom stereocenters. The average molecular weight is 441 g/mol. The number of fused-ring (bicyclic) bond motifs is 1. The molecule has 0 fully saturated rings. The largest absolute Gasteiger partial charge is 0.496 e. The van der Waals surface area contributed by atoms with Gasteiger partial charge in [-0.3, -0.25) is 19.3 Å². The van der Waals surface area contributed by atoms with Crippen LogP contribution in [0.5, 0.6) is 17.2 Å². The first-order valence-corrected chi connectivity index (χ1v) is 10.3. The molecule has 0 saturated carbocycles. The Bertz CT molecular complexity index is 997. The number of anilines is 2. The van der Waals surface area contributed by atoms with Crippen LogP contribution in [0.1, 0.15) is 24.2 Å². The van der Waals surface area contributed by atoms with Gasteiger partial charge < -0.3 is 24.4 Å². The molecule has 170 valence electrons. The van der Waals surface area contributed by atoms with E-state index in [-0.39, 0.29) is 30.5 Å². The molecule has 1 heterocycles. The molecule has 0 unspecified atom stereocenters. The Kier molecular flexibility index (Phi) is 7.19. The highest BCUT2D eigenvalue weighted by atomic mass is 16.5. The summed E-state index contributed by atoms with van der Waals surface area (Å²) >= 11 is 0. The van der Waals surface area contributed by atoms with Gasteiger partial charge in [-0.1, -0.05) is 6.07 Å². The molecule has 2 aromatic carbocycles. The number of methoxy groups -OCH3 is 2. The first kappa shape index (κ1) is 22.9. The molecule has 0 radical (unpaired) electrons. The predicted octanol–water partition coefficient (Wildman–Crippen LogP) is 2.55. The molecule has 0 bridgehead atoms. The van der Waals surface area contributed by atoms with Gasteiger partial charge in [-0.15, -0.1) is 0 Å². The Morgan fingerprint density at radius 2 is 1.75 bits per heavy atom. The molecule has 3 amide bonds. The van der Waals surface area contributed by atoms with E-state index in [2.05, 4.69) is 5.32 Å². The number of amides is 3. The van der Waals surface area contributed by atoms with Crippen molar-refractivity contribution < 1.29 is 28.6 Å². The minimum Gasteiger partial charge on any atom is -0.496 e. The Morgan fingerprint density at radius 1 is 1.09 bits per heavy atom. The number of ether oxygens (including phenoxy) is 3. The highest BCUT2D eigenvalue weighted by molar-refractivity contribution is 6.09. The fourth-order valence-electron chi connectivity index (χ4n) is 3.53. The molecule has 3 rings (SSSR count). The minimum atomic E-state index is -0.437. The van der Waals surface area contributed by atoms with E-state index >= 15 is 0 Å². The van der Waals surface area contributed by atoms with E-state index in [1.807, 2.05) is 13.8 Å². The van der Waals surface area contributed by atoms with Crippen LogP contribution in [0.2, 0.25) is 0 Å². The van der Waals surface area contributed by atoms with Crippen LogP contribution in [-0.4, -0.2) is 63.1 Å². The number of benzene rings is 2. The molecule has 0 aliphatic carbocycles. The highest BCUT2D eigenvalue weighted by Crippen LogP contribution is 2.35. The molecule has 0 saturated heterocycles. The van der Waals surface area contributed by atoms with E-state index < -0.39 is 5.91 Å². The molecular weight excluding hydrogens is 414 g/mol. The number of nitrogens with zero attached hydrogens (tertiary/aromatic N) is 2. The lowest BCUT2D eigenvalue weighted by Gasteiger charge is -2.31. The van der Waals surface area contributed by atoms with Gasteiger partial charge in [0.05, 0.1) is 19.9 Å². The minimum absolute atomic E-state index is 0.103. The van der Waals surface area contributed by atoms with Crippen molar-refractivity contribution in [1.82, 2.24) is 4.90 Å². The SMILES string of the molecule is CCN(CC)C(=O)CN1C(=O)COc2ccc(NC(=O)c3c(OC)cccc3OC)cc21. The standard InChI is InChI=1S/C23H27N3O6/c1-5-25(6-2)20(27)13-26-16-12-15(10-11-17(16)32-14-21(26)28)24-23(29)22-18(30-3)8-7-9-19(22)31-4/h7-12H,5-6,13-14H2,1-4H3,(H,24,29). The number of likely N-dealkylation sites (N-methyl/N-ethyl adjacent to an activating group) is 1. The Morgan fingerprint density at radius 3 is 2.34 bits per heavy atom. The van der Waals surface area contributed by atoms with Crippen molar-refractivity contribution in [1.29, 1.82) is 0 Å². The highest BCUT2D eigenvalue weighted by Gasteiger charge is 2.29. The van der Waals surface area contributed by atoms with Crippen molar-refractivity contribution in [2.45, 2.75) is 13.8 Å². The van der Waals surface area contributed by atoms with E-state index in [0.717, 1.165) is 0 Å². The van der Waals surface area contributed by atoms with E-state index in [1.54, 1.807) is 41.3 Å². The van der Waals surface area contributed by atoms with Crippen LogP contribution in [-0.2, 0) is 9.59 Å². The third-order valence-corrected chi connectivity index (χ3v) is 5.22. The molecule has 9 nitrogen and oxygen atoms in total. The van der Waals surface area contributed by atoms with Gasteiger partial charge in [0.25, 0.3) is 11.8 Å². The maximum absolute atomic E-state index is 13.0. The van der Waals surface area contributed by atoms with Gasteiger partial charge in [-0.2, -0.15) is 0 Å². The second kappa shape index (κ2) is 10.0. The van der Waals surface area contributed by atoms with Crippen LogP contribution in [0, 0.1) is 0 Å². The third-order valence-electron chi connectivity index (χ3n) is 5.22. The predicted molar refractivity (Wildman–Crippen MR) is 120 cm³/mol. The number of hydrogen-bond acceptors (Lipinski definition) is 6. The van der Waals surface area contributed by atoms with Crippen LogP contribution in [0.4, 0.5) is 11.4 Å². The summed E-state index contributed by atoms with van der Waals surface area (Å²) in [5.41, 5.74) is 1.10. The number of carbonyl (C=O) groups excluding carboxylic acids is 3. The van der Waals surface area contributed by atoms with E-state index in [0.29, 0.717) is 41.7 Å². The number of rotatable bonds is 8. The van der Waals surface area contributed by atoms with Gasteiger partial charge in [0.1, 0.15) is 29.4 Å². The van der Waals surface area contributed by atoms with Crippen molar-refractivity contribution in [2.75, 3.05) is 50.7 Å². The van der Waals surface area contributed by atoms with Crippen LogP contribution < -0.4 is 24.4 Å². The van der Waals surface area contributed by atoms with Gasteiger partial charge in [0, 0.05) is 18.8 Å². The zero-order valence-electron chi connectivity index (χ0n) is 18.6. The van der Waals surface area contributed by atoms with Gasteiger partial charge in [0.15, 0.2) is 6.61 Å². The van der Waals surface area contributed by atoms with Crippen molar-refractivity contribution in [3.8, 4) is 17.2 Å². The number of hydrogen-bond donors (Lipinski definition) is 1. The third kappa shape index (κ3) is 4.61. The summed E-state index contributed by atoms with van der Waals surface area (Å²) in [5.74, 6) is 0.268. The van der Waals surface area contributed by atoms with Crippen molar-refractivity contribution in [3.05, 3.63) is 42.0 Å². The monoisotopic (exact) mass is 441 g/mol. The van der Waals surface area contributed by atoms with Gasteiger partial charge in [-0.05, 0) is 44.2 Å². The van der Waals surface area contributed by atoms with E-state index in [4.69, 9.17) is 14.2 Å². The quantitative estimate of drug-likeness (QED) is 0.676. The molecule has 1 N–H and O–H groups in total. The molecule has 32 heavy (non-hydrogen) atoms. The molecule has 0 aromatic heterocycles. The van der Waals surface area contributed by atoms with Gasteiger partial charge in [-0.25, -0.2) is 0 Å². The van der Waals surface area contributed by atoms with Gasteiger partial charge in [0.2, 0.25) is 5.91 Å². The summed E-state index contributed by atoms with van der Waals surface area (Å²) in [6.45, 7) is 4.62. The van der Waals surface area contributed by atoms with E-state index in [1.165, 1.54) is 19.1 Å². The van der Waals surface area contributed by atoms with Crippen LogP contribution in [0.25, 0.3) is 0 Å². The zero-order chi connectivity index (χ0) is 23.3. The van der Waals surface area contributed by atoms with Crippen LogP contribution in [0.3, 0.4) is 0 Å². The molecule has 1 aliphatic heterocycles. The molecule has 9 heteroatoms. The first-order chi connectivity index (χ1) is 15.4. The van der Waals surface area contributed by atoms with Crippen molar-refractivity contribution in [2.24, 2.45) is 0 Å². The topological polar surface area (TPSA) is 97.4 Å². The maximum atomic E-state index is 13.0. The summed E-state index contributed by atoms with van der Waals surface area (Å²) < 4.78 is 16.1. The molecular formula is C23H27N3O6. The second-order valence-electron chi connectivity index (χ2n) is 7.01. The Labute approximate surface area is 186 Å². The zero-order valence-corrected chi connectivity index (χ0v) is 18.6. The number of nitrogens with one attached hydrogen (secondary N) is 1. The van der Waals surface area contributed by atoms with Crippen molar-refractivity contribution >= 4 is 29.1 Å². The Balaban J connectivity index is 1.89. The summed E-state index contributed by atoms with van der Waals surface area (Å²) in [6, 6.07) is 9.99. The summed E-state index contributed by atoms with van der Waals surface area (Å²) in [4.78, 5) is 41.2. The maximum Gasteiger partial charge on any atom is 0.265 e. The molecule has 1 aliphatic rings. The van der Waals surface area contributed by atoms with Crippen molar-refractivity contribution in [3.63, 3.8) is 0 Å². The summed E-state index contributed by atoms with van der Waals surface area (Å²) in [6.07, 6.45) is 0. The number of carbonyl (C=O) groups is 3. The fourth-order valence-corrected chi connectivity index (χ4v) is 3.53. The van der Waals surface area contributed by atoms with Crippen LogP contribution in [0.15, 0.2) is 36.4 Å². The lowest BCUT2D eigenvalue weighted by molar-refractivity contribution is -0.131. The lowest BCUT2D eigenvalue weighted by atomic mass is 10.1. The summed E-state index contributed by atoms with van der Waals surface area (Å²) in [5, 5.41) is 2.80. The van der Waals surface area contributed by atoms with Gasteiger partial charge >= 0.3 is 0 Å². The Hall–Kier alpha value is -3.75. The molecule has 0 spiro atoms. The average Bonchev–Trinajstić information content (AvgIpc) is 2.81. The molecule has 2 aromatic rings. The second-order valence-corrected chi connectivity index (χ2v) is 7.01. The summed E-state index contributed by atoms with van der Waals surface area (Å²) in [7, 11) is 2.94. The first-order valence-electron chi connectivity index (χ1n) is 10.3. The lowest BCUT2D eigenvalue weighted by Crippen LogP contribution is -2.46.